The van der Waals surface area contributed by atoms with Gasteiger partial charge in [-0.3, -0.25) is 4.79 Å². The van der Waals surface area contributed by atoms with Crippen LogP contribution >= 0.6 is 11.3 Å². The number of aryl methyl sites for hydroxylation is 1. The van der Waals surface area contributed by atoms with Crippen LogP contribution in [0.5, 0.6) is 0 Å². The Labute approximate surface area is 131 Å². The molecular weight excluding hydrogens is 298 g/mol. The maximum atomic E-state index is 12.7. The average molecular weight is 313 g/mol. The van der Waals surface area contributed by atoms with Gasteiger partial charge in [0.25, 0.3) is 5.91 Å². The molecule has 1 aliphatic heterocycles. The molecule has 3 aromatic rings. The second-order valence-electron chi connectivity index (χ2n) is 5.49. The molecule has 0 N–H and O–H groups in total. The Balaban J connectivity index is 1.55. The van der Waals surface area contributed by atoms with Crippen LogP contribution in [0.2, 0.25) is 0 Å². The van der Waals surface area contributed by atoms with Crippen LogP contribution in [0.25, 0.3) is 10.2 Å². The predicted molar refractivity (Wildman–Crippen MR) is 83.9 cm³/mol. The SMILES string of the molecule is Cc1nc2ccc(C(=O)N3CCC(n4ccnn4)C3)cc2s1. The molecule has 3 heterocycles. The summed E-state index contributed by atoms with van der Waals surface area (Å²) in [6.07, 6.45) is 4.44. The highest BCUT2D eigenvalue weighted by Crippen LogP contribution is 2.26. The van der Waals surface area contributed by atoms with E-state index in [9.17, 15) is 4.79 Å². The predicted octanol–water partition coefficient (Wildman–Crippen LogP) is 2.28. The first-order valence-corrected chi connectivity index (χ1v) is 8.04. The summed E-state index contributed by atoms with van der Waals surface area (Å²) in [4.78, 5) is 19.0. The average Bonchev–Trinajstić information content (AvgIpc) is 3.24. The summed E-state index contributed by atoms with van der Waals surface area (Å²) in [6.45, 7) is 3.42. The summed E-state index contributed by atoms with van der Waals surface area (Å²) in [5.41, 5.74) is 1.69. The number of likely N-dealkylation sites (tertiary alicyclic amines) is 1. The number of hydrogen-bond acceptors (Lipinski definition) is 5. The topological polar surface area (TPSA) is 63.9 Å². The van der Waals surface area contributed by atoms with Crippen molar-refractivity contribution in [3.63, 3.8) is 0 Å². The first kappa shape index (κ1) is 13.4. The number of rotatable bonds is 2. The molecule has 1 fully saturated rings. The molecule has 1 aliphatic rings. The molecule has 6 nitrogen and oxygen atoms in total. The Morgan fingerprint density at radius 1 is 1.41 bits per heavy atom. The minimum absolute atomic E-state index is 0.0792. The van der Waals surface area contributed by atoms with Crippen LogP contribution in [0.1, 0.15) is 27.8 Å². The van der Waals surface area contributed by atoms with Gasteiger partial charge in [-0.2, -0.15) is 0 Å². The molecule has 0 aliphatic carbocycles. The highest BCUT2D eigenvalue weighted by atomic mass is 32.1. The van der Waals surface area contributed by atoms with E-state index in [2.05, 4.69) is 15.3 Å². The van der Waals surface area contributed by atoms with Gasteiger partial charge in [0.1, 0.15) is 0 Å². The number of thiazole rings is 1. The molecule has 112 valence electrons. The van der Waals surface area contributed by atoms with Crippen molar-refractivity contribution in [2.24, 2.45) is 0 Å². The van der Waals surface area contributed by atoms with E-state index in [1.54, 1.807) is 17.5 Å². The van der Waals surface area contributed by atoms with Crippen molar-refractivity contribution in [2.75, 3.05) is 13.1 Å². The van der Waals surface area contributed by atoms with Crippen LogP contribution < -0.4 is 0 Å². The lowest BCUT2D eigenvalue weighted by Crippen LogP contribution is -2.29. The number of fused-ring (bicyclic) bond motifs is 1. The van der Waals surface area contributed by atoms with Gasteiger partial charge in [0.2, 0.25) is 0 Å². The number of amides is 1. The highest BCUT2D eigenvalue weighted by molar-refractivity contribution is 7.18. The normalized spacial score (nSPS) is 18.2. The lowest BCUT2D eigenvalue weighted by atomic mass is 10.2. The lowest BCUT2D eigenvalue weighted by molar-refractivity contribution is 0.0787. The number of nitrogens with zero attached hydrogens (tertiary/aromatic N) is 5. The fourth-order valence-corrected chi connectivity index (χ4v) is 3.78. The summed E-state index contributed by atoms with van der Waals surface area (Å²) in [5.74, 6) is 0.0792. The Hall–Kier alpha value is -2.28. The molecule has 1 unspecified atom stereocenters. The molecule has 4 rings (SSSR count). The highest BCUT2D eigenvalue weighted by Gasteiger charge is 2.28. The summed E-state index contributed by atoms with van der Waals surface area (Å²) in [5, 5.41) is 8.89. The zero-order valence-electron chi connectivity index (χ0n) is 12.1. The molecule has 22 heavy (non-hydrogen) atoms. The van der Waals surface area contributed by atoms with Gasteiger partial charge in [0, 0.05) is 24.8 Å². The van der Waals surface area contributed by atoms with E-state index in [-0.39, 0.29) is 11.9 Å². The van der Waals surface area contributed by atoms with Gasteiger partial charge < -0.3 is 4.90 Å². The first-order chi connectivity index (χ1) is 10.7. The Bertz CT molecular complexity index is 826. The van der Waals surface area contributed by atoms with Gasteiger partial charge in [0.15, 0.2) is 0 Å². The molecule has 0 saturated carbocycles. The third-order valence-corrected chi connectivity index (χ3v) is 4.94. The van der Waals surface area contributed by atoms with Crippen LogP contribution in [0.15, 0.2) is 30.6 Å². The molecule has 0 spiro atoms. The molecule has 0 radical (unpaired) electrons. The number of carbonyl (C=O) groups excluding carboxylic acids is 1. The van der Waals surface area contributed by atoms with Crippen molar-refractivity contribution in [1.82, 2.24) is 24.9 Å². The van der Waals surface area contributed by atoms with Crippen LogP contribution in [-0.4, -0.2) is 43.9 Å². The van der Waals surface area contributed by atoms with Gasteiger partial charge in [-0.05, 0) is 31.5 Å². The van der Waals surface area contributed by atoms with Crippen LogP contribution in [-0.2, 0) is 0 Å². The minimum atomic E-state index is 0.0792. The Morgan fingerprint density at radius 2 is 2.32 bits per heavy atom. The van der Waals surface area contributed by atoms with Crippen molar-refractivity contribution in [1.29, 1.82) is 0 Å². The van der Waals surface area contributed by atoms with E-state index in [0.717, 1.165) is 33.8 Å². The standard InChI is InChI=1S/C15H15N5OS/c1-10-17-13-3-2-11(8-14(13)22-10)15(21)19-6-4-12(9-19)20-7-5-16-18-20/h2-3,5,7-8,12H,4,6,9H2,1H3. The summed E-state index contributed by atoms with van der Waals surface area (Å²) in [7, 11) is 0. The molecule has 7 heteroatoms. The maximum Gasteiger partial charge on any atom is 0.253 e. The Kier molecular flexibility index (Phi) is 3.15. The second-order valence-corrected chi connectivity index (χ2v) is 6.73. The third kappa shape index (κ3) is 2.27. The quantitative estimate of drug-likeness (QED) is 0.728. The van der Waals surface area contributed by atoms with E-state index in [0.29, 0.717) is 6.54 Å². The maximum absolute atomic E-state index is 12.7. The van der Waals surface area contributed by atoms with Gasteiger partial charge in [0.05, 0.1) is 27.5 Å². The van der Waals surface area contributed by atoms with E-state index >= 15 is 0 Å². The molecule has 2 aromatic heterocycles. The largest absolute Gasteiger partial charge is 0.336 e. The van der Waals surface area contributed by atoms with E-state index in [4.69, 9.17) is 0 Å². The molecule has 0 bridgehead atoms. The number of aromatic nitrogens is 4. The molecule has 1 amide bonds. The number of carbonyl (C=O) groups is 1. The van der Waals surface area contributed by atoms with Crippen molar-refractivity contribution in [3.05, 3.63) is 41.2 Å². The van der Waals surface area contributed by atoms with E-state index in [1.165, 1.54) is 0 Å². The zero-order valence-corrected chi connectivity index (χ0v) is 13.0. The van der Waals surface area contributed by atoms with Crippen LogP contribution in [0, 0.1) is 6.92 Å². The summed E-state index contributed by atoms with van der Waals surface area (Å²) < 4.78 is 2.90. The number of benzene rings is 1. The van der Waals surface area contributed by atoms with Crippen molar-refractivity contribution in [2.45, 2.75) is 19.4 Å². The van der Waals surface area contributed by atoms with Crippen molar-refractivity contribution >= 4 is 27.5 Å². The second kappa shape index (κ2) is 5.17. The Morgan fingerprint density at radius 3 is 3.14 bits per heavy atom. The van der Waals surface area contributed by atoms with Crippen LogP contribution in [0.4, 0.5) is 0 Å². The minimum Gasteiger partial charge on any atom is -0.336 e. The van der Waals surface area contributed by atoms with Gasteiger partial charge >= 0.3 is 0 Å². The third-order valence-electron chi connectivity index (χ3n) is 4.01. The van der Waals surface area contributed by atoms with Crippen molar-refractivity contribution < 1.29 is 4.79 Å². The lowest BCUT2D eigenvalue weighted by Gasteiger charge is -2.16. The first-order valence-electron chi connectivity index (χ1n) is 7.23. The van der Waals surface area contributed by atoms with Crippen LogP contribution in [0.3, 0.4) is 0 Å². The van der Waals surface area contributed by atoms with Gasteiger partial charge in [-0.1, -0.05) is 5.21 Å². The summed E-state index contributed by atoms with van der Waals surface area (Å²) >= 11 is 1.62. The van der Waals surface area contributed by atoms with Crippen molar-refractivity contribution in [3.8, 4) is 0 Å². The van der Waals surface area contributed by atoms with E-state index in [1.807, 2.05) is 40.9 Å². The fourth-order valence-electron chi connectivity index (χ4n) is 2.91. The molecular formula is C15H15N5OS. The monoisotopic (exact) mass is 313 g/mol. The van der Waals surface area contributed by atoms with Gasteiger partial charge in [-0.25, -0.2) is 9.67 Å². The molecule has 1 aromatic carbocycles. The zero-order chi connectivity index (χ0) is 15.1. The fraction of sp³-hybridized carbons (Fsp3) is 0.333. The summed E-state index contributed by atoms with van der Waals surface area (Å²) in [6, 6.07) is 5.97. The molecule has 1 atom stereocenters. The van der Waals surface area contributed by atoms with Gasteiger partial charge in [-0.15, -0.1) is 16.4 Å². The number of hydrogen-bond donors (Lipinski definition) is 0. The van der Waals surface area contributed by atoms with E-state index < -0.39 is 0 Å². The smallest absolute Gasteiger partial charge is 0.253 e. The molecule has 1 saturated heterocycles.